The van der Waals surface area contributed by atoms with E-state index < -0.39 is 48.4 Å². The molecule has 52 heavy (non-hydrogen) atoms. The Hall–Kier alpha value is -4.17. The SMILES string of the molecule is CC(C)[C@H]1NC(=O)[C@@H]2N=C(O[C@@H]2C)[C@@H]2CCCN2C(=O)[C@H](Cc2ccccc2)NC(=O)[C@H]2CSC(=N2)[C@H](Cc2ccccc2)NC(=O)[C@@H]2CSC1=N2. The fourth-order valence-electron chi connectivity index (χ4n) is 7.25. The number of nitrogens with zero attached hydrogens (tertiary/aromatic N) is 4. The Morgan fingerprint density at radius 3 is 1.98 bits per heavy atom. The Kier molecular flexibility index (Phi) is 11.0. The van der Waals surface area contributed by atoms with E-state index in [1.807, 2.05) is 81.4 Å². The number of rotatable bonds is 5. The molecular formula is C38H45N7O5S2. The predicted molar refractivity (Wildman–Crippen MR) is 205 cm³/mol. The molecule has 1 fully saturated rings. The smallest absolute Gasteiger partial charge is 0.249 e. The second-order valence-electron chi connectivity index (χ2n) is 14.2. The zero-order chi connectivity index (χ0) is 36.4. The summed E-state index contributed by atoms with van der Waals surface area (Å²) in [6.07, 6.45) is 1.63. The van der Waals surface area contributed by atoms with Crippen LogP contribution >= 0.6 is 23.5 Å². The van der Waals surface area contributed by atoms with E-state index in [4.69, 9.17) is 19.7 Å². The van der Waals surface area contributed by atoms with Crippen molar-refractivity contribution in [3.63, 3.8) is 0 Å². The third kappa shape index (κ3) is 7.92. The van der Waals surface area contributed by atoms with Crippen molar-refractivity contribution in [2.45, 2.75) is 94.9 Å². The summed E-state index contributed by atoms with van der Waals surface area (Å²) in [6.45, 7) is 6.31. The lowest BCUT2D eigenvalue weighted by molar-refractivity contribution is -0.136. The van der Waals surface area contributed by atoms with Gasteiger partial charge < -0.3 is 25.6 Å². The van der Waals surface area contributed by atoms with E-state index in [0.29, 0.717) is 53.3 Å². The van der Waals surface area contributed by atoms with Crippen LogP contribution in [0.2, 0.25) is 0 Å². The van der Waals surface area contributed by atoms with Gasteiger partial charge in [0.05, 0.1) is 22.2 Å². The standard InChI is InChI=1S/C38H45N7O5S2/c1-21(2)30-37-42-28(20-52-37)32(46)39-25(17-23-11-6-4-7-12-23)36-41-27(19-51-36)33(47)40-26(18-24-13-8-5-9-14-24)38(49)45-16-10-15-29(45)35-44-31(22(3)50-35)34(48)43-30/h4-9,11-14,21-22,25-31H,10,15-20H2,1-3H3,(H,39,46)(H,40,47)(H,43,48)/t22-,25+,26+,27-,28+,29+,30-,31-/m1/s1. The van der Waals surface area contributed by atoms with Crippen LogP contribution in [0.15, 0.2) is 75.6 Å². The quantitative estimate of drug-likeness (QED) is 0.426. The van der Waals surface area contributed by atoms with Crippen LogP contribution in [0, 0.1) is 5.92 Å². The summed E-state index contributed by atoms with van der Waals surface area (Å²) in [5.74, 6) is 0.108. The van der Waals surface area contributed by atoms with Crippen LogP contribution in [0.3, 0.4) is 0 Å². The number of carbonyl (C=O) groups is 4. The average molecular weight is 744 g/mol. The van der Waals surface area contributed by atoms with Crippen molar-refractivity contribution in [3.05, 3.63) is 71.8 Å². The second-order valence-corrected chi connectivity index (χ2v) is 16.3. The molecule has 0 radical (unpaired) electrons. The molecule has 274 valence electrons. The molecule has 0 aliphatic carbocycles. The minimum atomic E-state index is -0.856. The van der Waals surface area contributed by atoms with Crippen molar-refractivity contribution in [1.82, 2.24) is 20.9 Å². The van der Waals surface area contributed by atoms with Gasteiger partial charge in [-0.3, -0.25) is 29.2 Å². The minimum Gasteiger partial charge on any atom is -0.474 e. The lowest BCUT2D eigenvalue weighted by Gasteiger charge is -2.29. The molecule has 14 heteroatoms. The van der Waals surface area contributed by atoms with E-state index in [2.05, 4.69) is 16.0 Å². The van der Waals surface area contributed by atoms with E-state index in [-0.39, 0.29) is 29.5 Å². The number of thioether (sulfide) groups is 2. The summed E-state index contributed by atoms with van der Waals surface area (Å²) < 4.78 is 6.21. The van der Waals surface area contributed by atoms with Gasteiger partial charge in [-0.05, 0) is 43.2 Å². The van der Waals surface area contributed by atoms with Gasteiger partial charge in [0.15, 0.2) is 6.04 Å². The highest BCUT2D eigenvalue weighted by Gasteiger charge is 2.44. The first kappa shape index (κ1) is 36.2. The number of hydrogen-bond acceptors (Lipinski definition) is 10. The molecule has 3 N–H and O–H groups in total. The largest absolute Gasteiger partial charge is 0.474 e. The van der Waals surface area contributed by atoms with Crippen LogP contribution in [0.1, 0.15) is 44.7 Å². The Labute approximate surface area is 312 Å². The molecule has 4 amide bonds. The molecule has 7 rings (SSSR count). The van der Waals surface area contributed by atoms with Gasteiger partial charge in [-0.25, -0.2) is 4.99 Å². The molecule has 0 unspecified atom stereocenters. The first-order chi connectivity index (χ1) is 25.1. The summed E-state index contributed by atoms with van der Waals surface area (Å²) in [4.78, 5) is 72.2. The first-order valence-electron chi connectivity index (χ1n) is 18.1. The molecule has 5 aliphatic heterocycles. The van der Waals surface area contributed by atoms with Crippen molar-refractivity contribution in [1.29, 1.82) is 0 Å². The maximum atomic E-state index is 14.4. The van der Waals surface area contributed by atoms with Gasteiger partial charge in [-0.15, -0.1) is 23.5 Å². The summed E-state index contributed by atoms with van der Waals surface area (Å²) >= 11 is 2.93. The normalized spacial score (nSPS) is 31.1. The number of nitrogens with one attached hydrogen (secondary N) is 3. The third-order valence-corrected chi connectivity index (χ3v) is 12.4. The van der Waals surface area contributed by atoms with E-state index in [9.17, 15) is 19.2 Å². The van der Waals surface area contributed by atoms with Crippen LogP contribution in [0.5, 0.6) is 0 Å². The van der Waals surface area contributed by atoms with Crippen molar-refractivity contribution < 1.29 is 23.9 Å². The third-order valence-electron chi connectivity index (χ3n) is 10.1. The van der Waals surface area contributed by atoms with Gasteiger partial charge in [0.25, 0.3) is 0 Å². The van der Waals surface area contributed by atoms with Crippen molar-refractivity contribution >= 4 is 63.1 Å². The molecule has 8 atom stereocenters. The number of ether oxygens (including phenoxy) is 1. The Morgan fingerprint density at radius 1 is 0.769 bits per heavy atom. The topological polar surface area (TPSA) is 154 Å². The Bertz CT molecular complexity index is 1770. The first-order valence-corrected chi connectivity index (χ1v) is 20.1. The molecule has 2 aromatic rings. The highest BCUT2D eigenvalue weighted by molar-refractivity contribution is 8.14. The van der Waals surface area contributed by atoms with Crippen molar-refractivity contribution in [3.8, 4) is 0 Å². The highest BCUT2D eigenvalue weighted by Crippen LogP contribution is 2.29. The summed E-state index contributed by atoms with van der Waals surface area (Å²) in [5, 5.41) is 10.8. The highest BCUT2D eigenvalue weighted by atomic mass is 32.2. The minimum absolute atomic E-state index is 0.00114. The molecule has 1 saturated heterocycles. The Balaban J connectivity index is 1.24. The molecule has 6 bridgehead atoms. The molecule has 0 aromatic heterocycles. The van der Waals surface area contributed by atoms with Crippen LogP contribution in [0.4, 0.5) is 0 Å². The second kappa shape index (κ2) is 15.8. The number of carbonyl (C=O) groups excluding carboxylic acids is 4. The maximum absolute atomic E-state index is 14.4. The number of amides is 4. The molecule has 5 heterocycles. The number of fused-ring (bicyclic) bond motifs is 5. The Morgan fingerprint density at radius 2 is 1.35 bits per heavy atom. The zero-order valence-electron chi connectivity index (χ0n) is 29.6. The lowest BCUT2D eigenvalue weighted by atomic mass is 10.0. The van der Waals surface area contributed by atoms with Crippen LogP contribution < -0.4 is 16.0 Å². The molecule has 0 saturated carbocycles. The van der Waals surface area contributed by atoms with E-state index in [1.54, 1.807) is 4.90 Å². The lowest BCUT2D eigenvalue weighted by Crippen LogP contribution is -2.54. The number of aliphatic imine (C=N–C) groups is 3. The predicted octanol–water partition coefficient (Wildman–Crippen LogP) is 2.80. The molecule has 12 nitrogen and oxygen atoms in total. The van der Waals surface area contributed by atoms with Gasteiger partial charge in [-0.2, -0.15) is 0 Å². The van der Waals surface area contributed by atoms with Crippen LogP contribution in [-0.4, -0.2) is 111 Å². The fourth-order valence-corrected chi connectivity index (χ4v) is 9.62. The molecule has 2 aromatic carbocycles. The maximum Gasteiger partial charge on any atom is 0.249 e. The van der Waals surface area contributed by atoms with E-state index >= 15 is 0 Å². The summed E-state index contributed by atoms with van der Waals surface area (Å²) in [7, 11) is 0. The fraction of sp³-hybridized carbons (Fsp3) is 0.500. The van der Waals surface area contributed by atoms with E-state index in [1.165, 1.54) is 23.5 Å². The van der Waals surface area contributed by atoms with Gasteiger partial charge in [-0.1, -0.05) is 74.5 Å². The van der Waals surface area contributed by atoms with E-state index in [0.717, 1.165) is 17.5 Å². The van der Waals surface area contributed by atoms with Crippen LogP contribution in [0.25, 0.3) is 0 Å². The number of hydrogen-bond donors (Lipinski definition) is 3. The molecule has 0 spiro atoms. The molecule has 5 aliphatic rings. The van der Waals surface area contributed by atoms with Crippen LogP contribution in [-0.2, 0) is 36.8 Å². The molecular weight excluding hydrogens is 699 g/mol. The van der Waals surface area contributed by atoms with Crippen molar-refractivity contribution in [2.24, 2.45) is 20.9 Å². The number of benzene rings is 2. The monoisotopic (exact) mass is 743 g/mol. The van der Waals surface area contributed by atoms with Gasteiger partial charge in [0.1, 0.15) is 30.3 Å². The van der Waals surface area contributed by atoms with Gasteiger partial charge in [0.2, 0.25) is 29.5 Å². The summed E-state index contributed by atoms with van der Waals surface area (Å²) in [5.41, 5.74) is 1.93. The van der Waals surface area contributed by atoms with Crippen molar-refractivity contribution in [2.75, 3.05) is 18.1 Å². The summed E-state index contributed by atoms with van der Waals surface area (Å²) in [6, 6.07) is 15.1. The average Bonchev–Trinajstić information content (AvgIpc) is 3.97. The van der Waals surface area contributed by atoms with Gasteiger partial charge >= 0.3 is 0 Å². The zero-order valence-corrected chi connectivity index (χ0v) is 31.2. The van der Waals surface area contributed by atoms with Gasteiger partial charge in [0, 0.05) is 24.5 Å².